The van der Waals surface area contributed by atoms with Crippen molar-refractivity contribution in [2.75, 3.05) is 80.1 Å². The number of methoxy groups -OCH3 is 2. The Hall–Kier alpha value is -0.240. The third-order valence-electron chi connectivity index (χ3n) is 2.38. The minimum atomic E-state index is 0.157. The third kappa shape index (κ3) is 12.2. The maximum Gasteiger partial charge on any atom is 0.0701 e. The van der Waals surface area contributed by atoms with Gasteiger partial charge in [0.15, 0.2) is 0 Å². The van der Waals surface area contributed by atoms with Gasteiger partial charge < -0.3 is 24.1 Å². The first-order chi connectivity index (χ1) is 8.85. The van der Waals surface area contributed by atoms with Crippen LogP contribution in [0.2, 0.25) is 0 Å². The zero-order valence-electron chi connectivity index (χ0n) is 11.6. The van der Waals surface area contributed by atoms with Crippen molar-refractivity contribution in [2.24, 2.45) is 0 Å². The van der Waals surface area contributed by atoms with Crippen LogP contribution < -0.4 is 0 Å². The molecule has 0 saturated carbocycles. The van der Waals surface area contributed by atoms with Gasteiger partial charge in [0, 0.05) is 33.9 Å². The van der Waals surface area contributed by atoms with Crippen LogP contribution in [0.1, 0.15) is 0 Å². The molecule has 0 rings (SSSR count). The van der Waals surface area contributed by atoms with Gasteiger partial charge in [-0.05, 0) is 0 Å². The second-order valence-electron chi connectivity index (χ2n) is 3.78. The summed E-state index contributed by atoms with van der Waals surface area (Å²) in [4.78, 5) is 2.11. The third-order valence-corrected chi connectivity index (χ3v) is 2.38. The monoisotopic (exact) mass is 265 g/mol. The molecule has 0 aromatic heterocycles. The maximum absolute atomic E-state index is 8.90. The van der Waals surface area contributed by atoms with E-state index in [1.165, 1.54) is 0 Å². The van der Waals surface area contributed by atoms with Gasteiger partial charge >= 0.3 is 0 Å². The molecule has 1 N–H and O–H groups in total. The molecule has 0 amide bonds. The van der Waals surface area contributed by atoms with Crippen molar-refractivity contribution in [2.45, 2.75) is 0 Å². The van der Waals surface area contributed by atoms with E-state index in [0.717, 1.165) is 13.1 Å². The second kappa shape index (κ2) is 14.8. The van der Waals surface area contributed by atoms with Crippen LogP contribution in [-0.4, -0.2) is 90.1 Å². The summed E-state index contributed by atoms with van der Waals surface area (Å²) in [6, 6.07) is 0. The van der Waals surface area contributed by atoms with E-state index >= 15 is 0 Å². The van der Waals surface area contributed by atoms with Gasteiger partial charge in [-0.15, -0.1) is 0 Å². The lowest BCUT2D eigenvalue weighted by atomic mass is 10.4. The lowest BCUT2D eigenvalue weighted by Crippen LogP contribution is -2.33. The molecule has 0 spiro atoms. The van der Waals surface area contributed by atoms with Crippen LogP contribution in [-0.2, 0) is 18.9 Å². The van der Waals surface area contributed by atoms with E-state index in [4.69, 9.17) is 24.1 Å². The van der Waals surface area contributed by atoms with Gasteiger partial charge in [0.2, 0.25) is 0 Å². The first-order valence-electron chi connectivity index (χ1n) is 6.31. The molecular formula is C12H27NO5. The zero-order valence-corrected chi connectivity index (χ0v) is 11.6. The van der Waals surface area contributed by atoms with Gasteiger partial charge in [0.1, 0.15) is 0 Å². The van der Waals surface area contributed by atoms with Crippen molar-refractivity contribution >= 4 is 0 Å². The van der Waals surface area contributed by atoms with Gasteiger partial charge in [-0.1, -0.05) is 0 Å². The molecule has 0 radical (unpaired) electrons. The van der Waals surface area contributed by atoms with E-state index in [1.54, 1.807) is 14.2 Å². The van der Waals surface area contributed by atoms with Crippen molar-refractivity contribution in [3.63, 3.8) is 0 Å². The van der Waals surface area contributed by atoms with Crippen molar-refractivity contribution in [3.8, 4) is 0 Å². The highest BCUT2D eigenvalue weighted by molar-refractivity contribution is 4.55. The van der Waals surface area contributed by atoms with Crippen molar-refractivity contribution in [1.82, 2.24) is 4.90 Å². The Morgan fingerprint density at radius 1 is 0.722 bits per heavy atom. The molecule has 0 aliphatic carbocycles. The number of rotatable bonds is 14. The van der Waals surface area contributed by atoms with E-state index in [-0.39, 0.29) is 6.61 Å². The van der Waals surface area contributed by atoms with Gasteiger partial charge in [-0.3, -0.25) is 4.90 Å². The lowest BCUT2D eigenvalue weighted by molar-refractivity contribution is 0.0169. The van der Waals surface area contributed by atoms with Crippen molar-refractivity contribution < 1.29 is 24.1 Å². The highest BCUT2D eigenvalue weighted by Gasteiger charge is 2.03. The summed E-state index contributed by atoms with van der Waals surface area (Å²) in [6.45, 7) is 6.10. The fraction of sp³-hybridized carbons (Fsp3) is 1.00. The van der Waals surface area contributed by atoms with Crippen molar-refractivity contribution in [3.05, 3.63) is 0 Å². The summed E-state index contributed by atoms with van der Waals surface area (Å²) in [5.41, 5.74) is 0. The molecule has 0 heterocycles. The number of aliphatic hydroxyl groups is 1. The predicted octanol–water partition coefficient (Wildman–Crippen LogP) is -0.393. The Bertz CT molecular complexity index is 159. The Kier molecular flexibility index (Phi) is 14.6. The van der Waals surface area contributed by atoms with Crippen LogP contribution in [0.15, 0.2) is 0 Å². The Balaban J connectivity index is 3.31. The highest BCUT2D eigenvalue weighted by Crippen LogP contribution is 1.89. The largest absolute Gasteiger partial charge is 0.395 e. The standard InChI is InChI=1S/C12H27NO5/c1-15-7-4-13(3-6-14)5-8-17-11-12-18-10-9-16-2/h14H,3-12H2,1-2H3. The van der Waals surface area contributed by atoms with E-state index in [2.05, 4.69) is 4.90 Å². The van der Waals surface area contributed by atoms with Crippen LogP contribution in [0.5, 0.6) is 0 Å². The molecule has 0 unspecified atom stereocenters. The molecule has 0 fully saturated rings. The molecule has 0 aliphatic heterocycles. The second-order valence-corrected chi connectivity index (χ2v) is 3.78. The quantitative estimate of drug-likeness (QED) is 0.432. The van der Waals surface area contributed by atoms with E-state index < -0.39 is 0 Å². The first-order valence-corrected chi connectivity index (χ1v) is 6.31. The molecule has 18 heavy (non-hydrogen) atoms. The molecule has 0 bridgehead atoms. The lowest BCUT2D eigenvalue weighted by Gasteiger charge is -2.20. The Labute approximate surface area is 110 Å². The van der Waals surface area contributed by atoms with Gasteiger partial charge in [0.05, 0.1) is 46.2 Å². The molecular weight excluding hydrogens is 238 g/mol. The van der Waals surface area contributed by atoms with Crippen LogP contribution in [0.4, 0.5) is 0 Å². The normalized spacial score (nSPS) is 11.3. The number of ether oxygens (including phenoxy) is 4. The fourth-order valence-corrected chi connectivity index (χ4v) is 1.36. The molecule has 0 aromatic carbocycles. The first kappa shape index (κ1) is 17.8. The molecule has 0 atom stereocenters. The molecule has 110 valence electrons. The fourth-order valence-electron chi connectivity index (χ4n) is 1.36. The Morgan fingerprint density at radius 2 is 1.28 bits per heavy atom. The molecule has 0 aromatic rings. The average Bonchev–Trinajstić information content (AvgIpc) is 2.39. The van der Waals surface area contributed by atoms with Crippen molar-refractivity contribution in [1.29, 1.82) is 0 Å². The summed E-state index contributed by atoms with van der Waals surface area (Å²) in [7, 11) is 3.32. The zero-order chi connectivity index (χ0) is 13.5. The molecule has 6 heteroatoms. The summed E-state index contributed by atoms with van der Waals surface area (Å²) >= 11 is 0. The average molecular weight is 265 g/mol. The summed E-state index contributed by atoms with van der Waals surface area (Å²) in [6.07, 6.45) is 0. The number of nitrogens with zero attached hydrogens (tertiary/aromatic N) is 1. The summed E-state index contributed by atoms with van der Waals surface area (Å²) < 4.78 is 20.6. The summed E-state index contributed by atoms with van der Waals surface area (Å²) in [5.74, 6) is 0. The van der Waals surface area contributed by atoms with Gasteiger partial charge in [0.25, 0.3) is 0 Å². The summed E-state index contributed by atoms with van der Waals surface area (Å²) in [5, 5.41) is 8.90. The van der Waals surface area contributed by atoms with Crippen LogP contribution in [0.25, 0.3) is 0 Å². The maximum atomic E-state index is 8.90. The molecule has 6 nitrogen and oxygen atoms in total. The number of hydrogen-bond donors (Lipinski definition) is 1. The van der Waals surface area contributed by atoms with Crippen LogP contribution in [0.3, 0.4) is 0 Å². The Morgan fingerprint density at radius 3 is 1.89 bits per heavy atom. The van der Waals surface area contributed by atoms with E-state index in [1.807, 2.05) is 0 Å². The smallest absolute Gasteiger partial charge is 0.0701 e. The molecule has 0 aliphatic rings. The van der Waals surface area contributed by atoms with E-state index in [0.29, 0.717) is 46.2 Å². The molecule has 0 saturated heterocycles. The van der Waals surface area contributed by atoms with E-state index in [9.17, 15) is 0 Å². The topological polar surface area (TPSA) is 60.4 Å². The van der Waals surface area contributed by atoms with Gasteiger partial charge in [-0.25, -0.2) is 0 Å². The highest BCUT2D eigenvalue weighted by atomic mass is 16.5. The predicted molar refractivity (Wildman–Crippen MR) is 68.9 cm³/mol. The number of aliphatic hydroxyl groups excluding tert-OH is 1. The minimum absolute atomic E-state index is 0.157. The minimum Gasteiger partial charge on any atom is -0.395 e. The van der Waals surface area contributed by atoms with Crippen LogP contribution >= 0.6 is 0 Å². The van der Waals surface area contributed by atoms with Crippen LogP contribution in [0, 0.1) is 0 Å². The van der Waals surface area contributed by atoms with Gasteiger partial charge in [-0.2, -0.15) is 0 Å². The SMILES string of the molecule is COCCOCCOCCN(CCO)CCOC. The number of hydrogen-bond acceptors (Lipinski definition) is 6.